The monoisotopic (exact) mass is 722 g/mol. The van der Waals surface area contributed by atoms with E-state index in [2.05, 4.69) is 20.0 Å². The van der Waals surface area contributed by atoms with Gasteiger partial charge in [-0.3, -0.25) is 9.98 Å². The van der Waals surface area contributed by atoms with E-state index >= 15 is 0 Å². The molecule has 8 nitrogen and oxygen atoms in total. The van der Waals surface area contributed by atoms with E-state index in [-0.39, 0.29) is 11.8 Å². The SMILES string of the molecule is COc1nccc2c1C[C@@]1(c3ccc(F)cc3F)N=C(N)SC[C@H]1C2.COc1nccc2c1C[C@]1(c3ccc(F)cc3F)N=C(N)SC[C@@H]1C2. The molecule has 0 saturated carbocycles. The molecule has 0 radical (unpaired) electrons. The van der Waals surface area contributed by atoms with Crippen LogP contribution in [0.1, 0.15) is 33.4 Å². The Morgan fingerprint density at radius 3 is 1.46 bits per heavy atom. The molecular weight excluding hydrogens is 689 g/mol. The van der Waals surface area contributed by atoms with Crippen molar-refractivity contribution in [2.24, 2.45) is 33.3 Å². The molecule has 2 aromatic heterocycles. The predicted octanol–water partition coefficient (Wildman–Crippen LogP) is 6.08. The number of amidine groups is 2. The number of nitrogens with two attached hydrogens (primary N) is 2. The normalized spacial score (nSPS) is 24.9. The topological polar surface area (TPSA) is 121 Å². The van der Waals surface area contributed by atoms with Crippen molar-refractivity contribution < 1.29 is 27.0 Å². The van der Waals surface area contributed by atoms with Gasteiger partial charge in [0.05, 0.1) is 25.3 Å². The molecule has 260 valence electrons. The lowest BCUT2D eigenvalue weighted by atomic mass is 9.67. The van der Waals surface area contributed by atoms with Gasteiger partial charge < -0.3 is 20.9 Å². The maximum Gasteiger partial charge on any atom is 0.216 e. The number of pyridine rings is 2. The van der Waals surface area contributed by atoms with E-state index in [4.69, 9.17) is 20.9 Å². The first kappa shape index (κ1) is 34.2. The van der Waals surface area contributed by atoms with E-state index in [1.54, 1.807) is 26.6 Å². The first-order valence-electron chi connectivity index (χ1n) is 16.0. The van der Waals surface area contributed by atoms with Crippen LogP contribution in [0.2, 0.25) is 0 Å². The molecule has 0 unspecified atom stereocenters. The van der Waals surface area contributed by atoms with Gasteiger partial charge in [-0.2, -0.15) is 0 Å². The second kappa shape index (κ2) is 13.4. The average Bonchev–Trinajstić information content (AvgIpc) is 3.09. The van der Waals surface area contributed by atoms with Crippen molar-refractivity contribution in [2.75, 3.05) is 25.7 Å². The zero-order valence-electron chi connectivity index (χ0n) is 27.3. The molecular formula is C36H34F4N6O2S2. The first-order chi connectivity index (χ1) is 24.1. The molecule has 2 aromatic carbocycles. The van der Waals surface area contributed by atoms with E-state index in [1.165, 1.54) is 47.8 Å². The molecule has 4 N–H and O–H groups in total. The number of hydrogen-bond acceptors (Lipinski definition) is 10. The Balaban J connectivity index is 0.000000157. The number of nitrogens with zero attached hydrogens (tertiary/aromatic N) is 4. The standard InChI is InChI=1S/2C18H17F2N3OS/c2*1-24-16-13-8-18(14-3-2-12(19)7-15(14)20)11(9-25-17(21)23-18)6-10(13)4-5-22-16/h2*2-5,7,11H,6,8-9H2,1H3,(H2,21,23)/t2*11-,18-/m10/s1. The molecule has 0 amide bonds. The van der Waals surface area contributed by atoms with Gasteiger partial charge in [-0.25, -0.2) is 27.5 Å². The Morgan fingerprint density at radius 2 is 1.08 bits per heavy atom. The maximum absolute atomic E-state index is 14.7. The summed E-state index contributed by atoms with van der Waals surface area (Å²) in [5, 5.41) is 0.845. The van der Waals surface area contributed by atoms with Gasteiger partial charge in [0.2, 0.25) is 11.8 Å². The summed E-state index contributed by atoms with van der Waals surface area (Å²) in [7, 11) is 3.13. The fourth-order valence-corrected chi connectivity index (χ4v) is 9.73. The first-order valence-corrected chi connectivity index (χ1v) is 17.9. The van der Waals surface area contributed by atoms with Crippen LogP contribution >= 0.6 is 23.5 Å². The summed E-state index contributed by atoms with van der Waals surface area (Å²) in [5.41, 5.74) is 15.1. The van der Waals surface area contributed by atoms with Crippen molar-refractivity contribution in [3.05, 3.63) is 118 Å². The lowest BCUT2D eigenvalue weighted by Gasteiger charge is -2.44. The molecule has 0 saturated heterocycles. The molecule has 8 rings (SSSR count). The van der Waals surface area contributed by atoms with Crippen molar-refractivity contribution in [3.63, 3.8) is 0 Å². The van der Waals surface area contributed by atoms with Gasteiger partial charge in [0.25, 0.3) is 0 Å². The molecule has 4 heterocycles. The minimum Gasteiger partial charge on any atom is -0.481 e. The Bertz CT molecular complexity index is 1890. The molecule has 0 spiro atoms. The van der Waals surface area contributed by atoms with Gasteiger partial charge in [0, 0.05) is 83.0 Å². The number of benzene rings is 2. The van der Waals surface area contributed by atoms with Crippen LogP contribution < -0.4 is 20.9 Å². The summed E-state index contributed by atoms with van der Waals surface area (Å²) in [5.74, 6) is 0.216. The van der Waals surface area contributed by atoms with Gasteiger partial charge >= 0.3 is 0 Å². The summed E-state index contributed by atoms with van der Waals surface area (Å²) in [6, 6.07) is 11.3. The lowest BCUT2D eigenvalue weighted by molar-refractivity contribution is 0.262. The second-order valence-electron chi connectivity index (χ2n) is 12.7. The largest absolute Gasteiger partial charge is 0.481 e. The van der Waals surface area contributed by atoms with Gasteiger partial charge in [-0.1, -0.05) is 35.7 Å². The maximum atomic E-state index is 14.7. The molecule has 0 fully saturated rings. The smallest absolute Gasteiger partial charge is 0.216 e. The Morgan fingerprint density at radius 1 is 0.660 bits per heavy atom. The van der Waals surface area contributed by atoms with Crippen LogP contribution in [0.5, 0.6) is 11.8 Å². The van der Waals surface area contributed by atoms with E-state index in [1.807, 2.05) is 12.1 Å². The van der Waals surface area contributed by atoms with Crippen molar-refractivity contribution in [2.45, 2.75) is 36.8 Å². The fourth-order valence-electron chi connectivity index (χ4n) is 7.75. The van der Waals surface area contributed by atoms with Crippen molar-refractivity contribution >= 4 is 33.9 Å². The highest BCUT2D eigenvalue weighted by Crippen LogP contribution is 2.51. The Labute approximate surface area is 295 Å². The van der Waals surface area contributed by atoms with Crippen LogP contribution in [0, 0.1) is 35.1 Å². The van der Waals surface area contributed by atoms with Crippen molar-refractivity contribution in [1.82, 2.24) is 9.97 Å². The quantitative estimate of drug-likeness (QED) is 0.243. The zero-order valence-corrected chi connectivity index (χ0v) is 28.9. The summed E-state index contributed by atoms with van der Waals surface area (Å²) >= 11 is 2.95. The summed E-state index contributed by atoms with van der Waals surface area (Å²) in [6.45, 7) is 0. The van der Waals surface area contributed by atoms with E-state index in [0.717, 1.165) is 58.7 Å². The number of halogens is 4. The molecule has 0 bridgehead atoms. The molecule has 50 heavy (non-hydrogen) atoms. The number of hydrogen-bond donors (Lipinski definition) is 2. The highest BCUT2D eigenvalue weighted by atomic mass is 32.2. The second-order valence-corrected chi connectivity index (χ2v) is 14.8. The number of methoxy groups -OCH3 is 2. The summed E-state index contributed by atoms with van der Waals surface area (Å²) < 4.78 is 67.0. The van der Waals surface area contributed by atoms with Crippen LogP contribution in [0.15, 0.2) is 70.9 Å². The van der Waals surface area contributed by atoms with Crippen LogP contribution in [0.25, 0.3) is 0 Å². The number of thioether (sulfide) groups is 2. The number of aliphatic imine (C=N–C) groups is 2. The van der Waals surface area contributed by atoms with E-state index < -0.39 is 34.3 Å². The van der Waals surface area contributed by atoms with E-state index in [0.29, 0.717) is 46.1 Å². The summed E-state index contributed by atoms with van der Waals surface area (Å²) in [6.07, 6.45) is 5.72. The third kappa shape index (κ3) is 5.95. The Kier molecular flexibility index (Phi) is 9.18. The highest BCUT2D eigenvalue weighted by Gasteiger charge is 2.50. The Hall–Kier alpha value is -4.30. The lowest BCUT2D eigenvalue weighted by Crippen LogP contribution is -2.46. The fraction of sp³-hybridized carbons (Fsp3) is 0.333. The number of ether oxygens (including phenoxy) is 2. The van der Waals surface area contributed by atoms with Gasteiger partial charge in [0.1, 0.15) is 23.3 Å². The average molecular weight is 723 g/mol. The van der Waals surface area contributed by atoms with Crippen LogP contribution in [0.3, 0.4) is 0 Å². The van der Waals surface area contributed by atoms with Gasteiger partial charge in [0.15, 0.2) is 10.3 Å². The molecule has 2 aliphatic heterocycles. The minimum atomic E-state index is -0.865. The van der Waals surface area contributed by atoms with Gasteiger partial charge in [-0.15, -0.1) is 0 Å². The zero-order chi connectivity index (χ0) is 35.2. The number of aromatic nitrogens is 2. The van der Waals surface area contributed by atoms with Crippen molar-refractivity contribution in [1.29, 1.82) is 0 Å². The van der Waals surface area contributed by atoms with Crippen LogP contribution in [-0.4, -0.2) is 46.0 Å². The highest BCUT2D eigenvalue weighted by molar-refractivity contribution is 8.14. The molecule has 2 aliphatic carbocycles. The van der Waals surface area contributed by atoms with Crippen LogP contribution in [-0.2, 0) is 36.8 Å². The molecule has 4 aliphatic rings. The third-order valence-corrected chi connectivity index (χ3v) is 12.0. The minimum absolute atomic E-state index is 0.0596. The predicted molar refractivity (Wildman–Crippen MR) is 188 cm³/mol. The summed E-state index contributed by atoms with van der Waals surface area (Å²) in [4.78, 5) is 17.9. The number of rotatable bonds is 4. The molecule has 4 atom stereocenters. The van der Waals surface area contributed by atoms with Crippen LogP contribution in [0.4, 0.5) is 17.6 Å². The third-order valence-electron chi connectivity index (χ3n) is 10.1. The molecule has 14 heteroatoms. The number of fused-ring (bicyclic) bond motifs is 4. The van der Waals surface area contributed by atoms with Crippen molar-refractivity contribution in [3.8, 4) is 11.8 Å². The molecule has 4 aromatic rings. The van der Waals surface area contributed by atoms with Gasteiger partial charge in [-0.05, 0) is 48.2 Å². The van der Waals surface area contributed by atoms with E-state index in [9.17, 15) is 17.6 Å².